The molecule has 0 aliphatic carbocycles. The maximum Gasteiger partial charge on any atom is 0.124 e. The summed E-state index contributed by atoms with van der Waals surface area (Å²) in [6.07, 6.45) is 1.46. The second-order valence-electron chi connectivity index (χ2n) is 4.74. The van der Waals surface area contributed by atoms with Crippen LogP contribution in [0.25, 0.3) is 0 Å². The summed E-state index contributed by atoms with van der Waals surface area (Å²) in [6.45, 7) is 2.06. The molecule has 2 rings (SSSR count). The van der Waals surface area contributed by atoms with Crippen LogP contribution in [0.1, 0.15) is 29.9 Å². The number of hydrogen-bond donors (Lipinski definition) is 2. The Morgan fingerprint density at radius 2 is 2.15 bits per heavy atom. The lowest BCUT2D eigenvalue weighted by molar-refractivity contribution is 0.506. The second kappa shape index (κ2) is 6.47. The van der Waals surface area contributed by atoms with Gasteiger partial charge in [0.05, 0.1) is 17.4 Å². The largest absolute Gasteiger partial charge is 0.271 e. The molecule has 6 heteroatoms. The fourth-order valence-corrected chi connectivity index (χ4v) is 2.77. The smallest absolute Gasteiger partial charge is 0.124 e. The summed E-state index contributed by atoms with van der Waals surface area (Å²) in [6, 6.07) is 6.77. The summed E-state index contributed by atoms with van der Waals surface area (Å²) in [5.41, 5.74) is 5.67. The lowest BCUT2D eigenvalue weighted by atomic mass is 10.0. The average Bonchev–Trinajstić information content (AvgIpc) is 2.76. The van der Waals surface area contributed by atoms with Crippen molar-refractivity contribution in [1.29, 1.82) is 0 Å². The van der Waals surface area contributed by atoms with Gasteiger partial charge in [-0.3, -0.25) is 16.0 Å². The van der Waals surface area contributed by atoms with Gasteiger partial charge in [-0.15, -0.1) is 0 Å². The van der Waals surface area contributed by atoms with Gasteiger partial charge in [0.15, 0.2) is 0 Å². The molecule has 4 nitrogen and oxygen atoms in total. The molecule has 0 radical (unpaired) electrons. The molecule has 0 saturated heterocycles. The van der Waals surface area contributed by atoms with Crippen molar-refractivity contribution >= 4 is 15.9 Å². The highest BCUT2D eigenvalue weighted by molar-refractivity contribution is 9.10. The van der Waals surface area contributed by atoms with Crippen LogP contribution in [0, 0.1) is 5.82 Å². The number of nitrogens with two attached hydrogens (primary N) is 1. The molecule has 2 aromatic rings. The van der Waals surface area contributed by atoms with E-state index in [-0.39, 0.29) is 11.9 Å². The van der Waals surface area contributed by atoms with E-state index in [4.69, 9.17) is 5.84 Å². The van der Waals surface area contributed by atoms with Crippen LogP contribution in [0.2, 0.25) is 0 Å². The van der Waals surface area contributed by atoms with Crippen LogP contribution in [-0.4, -0.2) is 9.78 Å². The van der Waals surface area contributed by atoms with Crippen molar-refractivity contribution in [3.05, 3.63) is 51.5 Å². The number of hydrazine groups is 1. The van der Waals surface area contributed by atoms with Crippen LogP contribution >= 0.6 is 15.9 Å². The topological polar surface area (TPSA) is 55.9 Å². The van der Waals surface area contributed by atoms with Gasteiger partial charge < -0.3 is 0 Å². The average molecular weight is 341 g/mol. The van der Waals surface area contributed by atoms with Crippen LogP contribution in [0.4, 0.5) is 4.39 Å². The highest BCUT2D eigenvalue weighted by Crippen LogP contribution is 2.22. The molecule has 1 aromatic heterocycles. The Balaban J connectivity index is 2.25. The first-order valence-electron chi connectivity index (χ1n) is 6.47. The standard InChI is InChI=1S/C14H18BrFN4/c1-3-12-8-14(20(2)19-12)13(18-17)6-9-4-10(15)7-11(16)5-9/h4-5,7-8,13,18H,3,6,17H2,1-2H3. The van der Waals surface area contributed by atoms with Gasteiger partial charge in [-0.2, -0.15) is 5.10 Å². The van der Waals surface area contributed by atoms with E-state index in [1.54, 1.807) is 0 Å². The summed E-state index contributed by atoms with van der Waals surface area (Å²) >= 11 is 3.30. The summed E-state index contributed by atoms with van der Waals surface area (Å²) in [5, 5.41) is 4.41. The van der Waals surface area contributed by atoms with Crippen LogP contribution in [0.15, 0.2) is 28.7 Å². The highest BCUT2D eigenvalue weighted by atomic mass is 79.9. The van der Waals surface area contributed by atoms with Gasteiger partial charge in [0, 0.05) is 11.5 Å². The number of nitrogens with zero attached hydrogens (tertiary/aromatic N) is 2. The minimum atomic E-state index is -0.260. The summed E-state index contributed by atoms with van der Waals surface area (Å²) in [4.78, 5) is 0. The number of nitrogens with one attached hydrogen (secondary N) is 1. The van der Waals surface area contributed by atoms with E-state index in [2.05, 4.69) is 33.4 Å². The van der Waals surface area contributed by atoms with Crippen LogP contribution in [-0.2, 0) is 19.9 Å². The third-order valence-corrected chi connectivity index (χ3v) is 3.71. The van der Waals surface area contributed by atoms with Crippen molar-refractivity contribution < 1.29 is 4.39 Å². The molecule has 1 unspecified atom stereocenters. The van der Waals surface area contributed by atoms with Gasteiger partial charge in [0.25, 0.3) is 0 Å². The quantitative estimate of drug-likeness (QED) is 0.649. The lowest BCUT2D eigenvalue weighted by Crippen LogP contribution is -2.31. The molecule has 1 atom stereocenters. The molecule has 108 valence electrons. The molecule has 0 aliphatic heterocycles. The minimum absolute atomic E-state index is 0.110. The molecule has 0 amide bonds. The maximum atomic E-state index is 13.4. The summed E-state index contributed by atoms with van der Waals surface area (Å²) < 4.78 is 16.0. The first-order chi connectivity index (χ1) is 9.53. The summed E-state index contributed by atoms with van der Waals surface area (Å²) in [5.74, 6) is 5.39. The molecule has 0 saturated carbocycles. The highest BCUT2D eigenvalue weighted by Gasteiger charge is 2.16. The first-order valence-corrected chi connectivity index (χ1v) is 7.26. The molecule has 0 bridgehead atoms. The van der Waals surface area contributed by atoms with Gasteiger partial charge in [0.1, 0.15) is 5.82 Å². The number of hydrogen-bond acceptors (Lipinski definition) is 3. The fourth-order valence-electron chi connectivity index (χ4n) is 2.26. The van der Waals surface area contributed by atoms with Crippen LogP contribution in [0.3, 0.4) is 0 Å². The Hall–Kier alpha value is -1.24. The van der Waals surface area contributed by atoms with Gasteiger partial charge in [-0.05, 0) is 42.7 Å². The maximum absolute atomic E-state index is 13.4. The van der Waals surface area contributed by atoms with Gasteiger partial charge in [-0.1, -0.05) is 22.9 Å². The molecule has 0 aliphatic rings. The van der Waals surface area contributed by atoms with E-state index in [0.29, 0.717) is 6.42 Å². The van der Waals surface area contributed by atoms with Gasteiger partial charge in [-0.25, -0.2) is 4.39 Å². The number of aromatic nitrogens is 2. The fraction of sp³-hybridized carbons (Fsp3) is 0.357. The Morgan fingerprint density at radius 1 is 1.40 bits per heavy atom. The lowest BCUT2D eigenvalue weighted by Gasteiger charge is -2.16. The third kappa shape index (κ3) is 3.45. The predicted molar refractivity (Wildman–Crippen MR) is 80.5 cm³/mol. The Kier molecular flexibility index (Phi) is 4.91. The zero-order chi connectivity index (χ0) is 14.7. The Morgan fingerprint density at radius 3 is 2.70 bits per heavy atom. The van der Waals surface area contributed by atoms with Crippen LogP contribution in [0.5, 0.6) is 0 Å². The Bertz CT molecular complexity index is 577. The number of benzene rings is 1. The van der Waals surface area contributed by atoms with Crippen molar-refractivity contribution in [2.75, 3.05) is 0 Å². The SMILES string of the molecule is CCc1cc(C(Cc2cc(F)cc(Br)c2)NN)n(C)n1. The molecular weight excluding hydrogens is 323 g/mol. The Labute approximate surface area is 126 Å². The van der Waals surface area contributed by atoms with Crippen molar-refractivity contribution in [3.8, 4) is 0 Å². The normalized spacial score (nSPS) is 12.7. The number of rotatable bonds is 5. The molecule has 20 heavy (non-hydrogen) atoms. The van der Waals surface area contributed by atoms with E-state index in [9.17, 15) is 4.39 Å². The van der Waals surface area contributed by atoms with E-state index in [1.165, 1.54) is 12.1 Å². The molecule has 1 aromatic carbocycles. The molecule has 0 fully saturated rings. The monoisotopic (exact) mass is 340 g/mol. The van der Waals surface area contributed by atoms with E-state index < -0.39 is 0 Å². The molecule has 1 heterocycles. The van der Waals surface area contributed by atoms with E-state index in [0.717, 1.165) is 27.8 Å². The van der Waals surface area contributed by atoms with Crippen molar-refractivity contribution in [3.63, 3.8) is 0 Å². The van der Waals surface area contributed by atoms with E-state index in [1.807, 2.05) is 23.9 Å². The number of aryl methyl sites for hydroxylation is 2. The molecule has 0 spiro atoms. The van der Waals surface area contributed by atoms with Gasteiger partial charge >= 0.3 is 0 Å². The summed E-state index contributed by atoms with van der Waals surface area (Å²) in [7, 11) is 1.89. The van der Waals surface area contributed by atoms with Crippen LogP contribution < -0.4 is 11.3 Å². The van der Waals surface area contributed by atoms with Crippen molar-refractivity contribution in [2.24, 2.45) is 12.9 Å². The molecular formula is C14H18BrFN4. The zero-order valence-corrected chi connectivity index (χ0v) is 13.1. The van der Waals surface area contributed by atoms with Gasteiger partial charge in [0.2, 0.25) is 0 Å². The zero-order valence-electron chi connectivity index (χ0n) is 11.5. The van der Waals surface area contributed by atoms with Crippen molar-refractivity contribution in [1.82, 2.24) is 15.2 Å². The first kappa shape index (κ1) is 15.2. The second-order valence-corrected chi connectivity index (χ2v) is 5.65. The third-order valence-electron chi connectivity index (χ3n) is 3.25. The van der Waals surface area contributed by atoms with E-state index >= 15 is 0 Å². The minimum Gasteiger partial charge on any atom is -0.271 e. The number of halogens is 2. The predicted octanol–water partition coefficient (Wildman–Crippen LogP) is 2.63. The van der Waals surface area contributed by atoms with Crippen molar-refractivity contribution in [2.45, 2.75) is 25.8 Å². The molecule has 3 N–H and O–H groups in total.